The molecular formula is C27H27FN4O5S. The topological polar surface area (TPSA) is 115 Å². The first-order chi connectivity index (χ1) is 18.3. The highest BCUT2D eigenvalue weighted by atomic mass is 32.2. The van der Waals surface area contributed by atoms with Crippen LogP contribution in [0.5, 0.6) is 0 Å². The number of para-hydroxylation sites is 1. The third kappa shape index (κ3) is 5.64. The van der Waals surface area contributed by atoms with E-state index >= 15 is 0 Å². The summed E-state index contributed by atoms with van der Waals surface area (Å²) in [6.07, 6.45) is 1.65. The van der Waals surface area contributed by atoms with Crippen LogP contribution in [0.2, 0.25) is 0 Å². The first-order valence-electron chi connectivity index (χ1n) is 12.1. The van der Waals surface area contributed by atoms with Gasteiger partial charge in [-0.15, -0.1) is 0 Å². The Balaban J connectivity index is 1.47. The van der Waals surface area contributed by atoms with Crippen LogP contribution >= 0.6 is 0 Å². The lowest BCUT2D eigenvalue weighted by atomic mass is 10.0. The molecule has 11 heteroatoms. The van der Waals surface area contributed by atoms with Gasteiger partial charge in [0.1, 0.15) is 11.9 Å². The van der Waals surface area contributed by atoms with Gasteiger partial charge in [0.25, 0.3) is 0 Å². The van der Waals surface area contributed by atoms with Crippen molar-refractivity contribution in [3.63, 3.8) is 0 Å². The maximum absolute atomic E-state index is 13.7. The third-order valence-electron chi connectivity index (χ3n) is 6.51. The number of hydrogen-bond donors (Lipinski definition) is 3. The van der Waals surface area contributed by atoms with Crippen LogP contribution in [0.15, 0.2) is 79.0 Å². The van der Waals surface area contributed by atoms with Crippen molar-refractivity contribution in [2.45, 2.75) is 12.5 Å². The molecule has 1 fully saturated rings. The number of morpholine rings is 1. The van der Waals surface area contributed by atoms with Gasteiger partial charge in [-0.3, -0.25) is 9.35 Å². The molecule has 0 radical (unpaired) electrons. The van der Waals surface area contributed by atoms with Crippen LogP contribution < -0.4 is 14.5 Å². The molecule has 1 unspecified atom stereocenters. The third-order valence-corrected chi connectivity index (χ3v) is 7.48. The van der Waals surface area contributed by atoms with Gasteiger partial charge in [0.2, 0.25) is 5.91 Å². The van der Waals surface area contributed by atoms with E-state index in [2.05, 4.69) is 15.2 Å². The average molecular weight is 539 g/mol. The van der Waals surface area contributed by atoms with Gasteiger partial charge < -0.3 is 19.9 Å². The summed E-state index contributed by atoms with van der Waals surface area (Å²) in [5, 5.41) is 3.60. The Hall–Kier alpha value is -3.93. The number of rotatable bonds is 8. The largest absolute Gasteiger partial charge is 0.378 e. The summed E-state index contributed by atoms with van der Waals surface area (Å²) < 4.78 is 55.1. The van der Waals surface area contributed by atoms with Crippen LogP contribution in [0.25, 0.3) is 10.9 Å². The molecule has 5 rings (SSSR count). The number of carbonyl (C=O) groups is 1. The molecule has 0 bridgehead atoms. The number of H-pyrrole nitrogens is 1. The van der Waals surface area contributed by atoms with Crippen molar-refractivity contribution >= 4 is 44.2 Å². The van der Waals surface area contributed by atoms with E-state index in [9.17, 15) is 22.2 Å². The van der Waals surface area contributed by atoms with Crippen molar-refractivity contribution in [3.8, 4) is 0 Å². The predicted octanol–water partition coefficient (Wildman–Crippen LogP) is 4.00. The molecule has 1 aliphatic rings. The SMILES string of the molecule is O=C(Nc1ccc(N2CCOCC2)cc1)C(Cc1c[nH]c2ccccc12)N(c1ccc(F)cc1)S(=O)(=O)O. The quantitative estimate of drug-likeness (QED) is 0.292. The van der Waals surface area contributed by atoms with Crippen molar-refractivity contribution < 1.29 is 26.9 Å². The van der Waals surface area contributed by atoms with Gasteiger partial charge >= 0.3 is 10.3 Å². The van der Waals surface area contributed by atoms with Gasteiger partial charge in [-0.25, -0.2) is 8.70 Å². The second-order valence-electron chi connectivity index (χ2n) is 8.97. The number of ether oxygens (including phenoxy) is 1. The van der Waals surface area contributed by atoms with Crippen molar-refractivity contribution in [1.29, 1.82) is 0 Å². The maximum atomic E-state index is 13.7. The Morgan fingerprint density at radius 1 is 1.05 bits per heavy atom. The molecule has 1 saturated heterocycles. The monoisotopic (exact) mass is 538 g/mol. The number of benzene rings is 3. The number of halogens is 1. The Labute approximate surface area is 219 Å². The Kier molecular flexibility index (Phi) is 7.32. The highest BCUT2D eigenvalue weighted by Crippen LogP contribution is 2.27. The lowest BCUT2D eigenvalue weighted by molar-refractivity contribution is -0.117. The molecule has 38 heavy (non-hydrogen) atoms. The van der Waals surface area contributed by atoms with Crippen LogP contribution in [0.3, 0.4) is 0 Å². The molecule has 1 amide bonds. The van der Waals surface area contributed by atoms with E-state index in [0.29, 0.717) is 28.8 Å². The summed E-state index contributed by atoms with van der Waals surface area (Å²) in [7, 11) is -4.92. The van der Waals surface area contributed by atoms with E-state index in [0.717, 1.165) is 41.8 Å². The summed E-state index contributed by atoms with van der Waals surface area (Å²) in [5.41, 5.74) is 2.90. The van der Waals surface area contributed by atoms with E-state index in [1.807, 2.05) is 36.4 Å². The second kappa shape index (κ2) is 10.8. The molecule has 0 spiro atoms. The fourth-order valence-corrected chi connectivity index (χ4v) is 5.54. The number of nitrogens with zero attached hydrogens (tertiary/aromatic N) is 2. The van der Waals surface area contributed by atoms with E-state index in [1.54, 1.807) is 18.3 Å². The van der Waals surface area contributed by atoms with Crippen molar-refractivity contribution in [2.75, 3.05) is 40.8 Å². The van der Waals surface area contributed by atoms with Crippen molar-refractivity contribution in [2.24, 2.45) is 0 Å². The van der Waals surface area contributed by atoms with Gasteiger partial charge in [0, 0.05) is 48.0 Å². The number of nitrogens with one attached hydrogen (secondary N) is 2. The molecule has 2 heterocycles. The van der Waals surface area contributed by atoms with E-state index in [-0.39, 0.29) is 12.1 Å². The lowest BCUT2D eigenvalue weighted by Crippen LogP contribution is -2.48. The molecule has 9 nitrogen and oxygen atoms in total. The highest BCUT2D eigenvalue weighted by molar-refractivity contribution is 7.87. The lowest BCUT2D eigenvalue weighted by Gasteiger charge is -2.30. The zero-order valence-electron chi connectivity index (χ0n) is 20.4. The average Bonchev–Trinajstić information content (AvgIpc) is 3.32. The summed E-state index contributed by atoms with van der Waals surface area (Å²) >= 11 is 0. The van der Waals surface area contributed by atoms with Gasteiger partial charge in [-0.05, 0) is 60.2 Å². The first kappa shape index (κ1) is 25.7. The zero-order chi connectivity index (χ0) is 26.7. The number of aromatic amines is 1. The zero-order valence-corrected chi connectivity index (χ0v) is 21.2. The number of hydrogen-bond acceptors (Lipinski definition) is 5. The van der Waals surface area contributed by atoms with Crippen LogP contribution in [0.1, 0.15) is 5.56 Å². The number of aromatic nitrogens is 1. The normalized spacial score (nSPS) is 14.8. The highest BCUT2D eigenvalue weighted by Gasteiger charge is 2.35. The maximum Gasteiger partial charge on any atom is 0.360 e. The molecule has 1 aliphatic heterocycles. The Morgan fingerprint density at radius 3 is 2.42 bits per heavy atom. The van der Waals surface area contributed by atoms with Crippen LogP contribution in [0.4, 0.5) is 21.5 Å². The van der Waals surface area contributed by atoms with Gasteiger partial charge in [-0.1, -0.05) is 18.2 Å². The van der Waals surface area contributed by atoms with Crippen molar-refractivity contribution in [1.82, 2.24) is 4.98 Å². The molecular weight excluding hydrogens is 511 g/mol. The molecule has 0 saturated carbocycles. The predicted molar refractivity (Wildman–Crippen MR) is 144 cm³/mol. The molecule has 1 atom stereocenters. The molecule has 4 aromatic rings. The number of carbonyl (C=O) groups excluding carboxylic acids is 1. The Morgan fingerprint density at radius 2 is 1.74 bits per heavy atom. The van der Waals surface area contributed by atoms with Crippen LogP contribution in [-0.2, 0) is 26.3 Å². The van der Waals surface area contributed by atoms with E-state index in [4.69, 9.17) is 4.74 Å². The molecule has 0 aliphatic carbocycles. The van der Waals surface area contributed by atoms with Gasteiger partial charge in [-0.2, -0.15) is 8.42 Å². The van der Waals surface area contributed by atoms with Gasteiger partial charge in [0.15, 0.2) is 0 Å². The van der Waals surface area contributed by atoms with Crippen LogP contribution in [-0.4, -0.2) is 56.2 Å². The fourth-order valence-electron chi connectivity index (χ4n) is 4.66. The minimum atomic E-state index is -4.92. The van der Waals surface area contributed by atoms with Gasteiger partial charge in [0.05, 0.1) is 18.9 Å². The minimum absolute atomic E-state index is 0.0449. The smallest absolute Gasteiger partial charge is 0.360 e. The Bertz CT molecular complexity index is 1520. The van der Waals surface area contributed by atoms with Crippen molar-refractivity contribution in [3.05, 3.63) is 90.4 Å². The molecule has 3 N–H and O–H groups in total. The number of amides is 1. The first-order valence-corrected chi connectivity index (χ1v) is 13.5. The summed E-state index contributed by atoms with van der Waals surface area (Å²) in [4.78, 5) is 18.9. The van der Waals surface area contributed by atoms with Crippen LogP contribution in [0, 0.1) is 5.82 Å². The van der Waals surface area contributed by atoms with E-state index < -0.39 is 28.1 Å². The number of anilines is 3. The van der Waals surface area contributed by atoms with E-state index in [1.165, 1.54) is 12.1 Å². The second-order valence-corrected chi connectivity index (χ2v) is 10.3. The summed E-state index contributed by atoms with van der Waals surface area (Å²) in [6.45, 7) is 2.81. The minimum Gasteiger partial charge on any atom is -0.378 e. The molecule has 198 valence electrons. The number of fused-ring (bicyclic) bond motifs is 1. The summed E-state index contributed by atoms with van der Waals surface area (Å²) in [6, 6.07) is 17.8. The fraction of sp³-hybridized carbons (Fsp3) is 0.222. The molecule has 3 aromatic carbocycles. The molecule has 1 aromatic heterocycles. The summed E-state index contributed by atoms with van der Waals surface area (Å²) in [5.74, 6) is -1.24. The standard InChI is InChI=1S/C27H27FN4O5S/c28-20-5-9-23(10-6-20)32(38(34,35)36)26(17-19-18-29-25-4-2-1-3-24(19)25)27(33)30-21-7-11-22(12-8-21)31-13-15-37-16-14-31/h1-12,18,26,29H,13-17H2,(H,30,33)(H,34,35,36).